The predicted molar refractivity (Wildman–Crippen MR) is 40.9 cm³/mol. The van der Waals surface area contributed by atoms with Crippen molar-refractivity contribution >= 4 is 0 Å². The van der Waals surface area contributed by atoms with Crippen LogP contribution in [0.15, 0.2) is 12.3 Å². The van der Waals surface area contributed by atoms with Crippen molar-refractivity contribution in [2.75, 3.05) is 0 Å². The van der Waals surface area contributed by atoms with E-state index in [0.29, 0.717) is 0 Å². The summed E-state index contributed by atoms with van der Waals surface area (Å²) in [5, 5.41) is 0. The number of halogens is 8. The summed E-state index contributed by atoms with van der Waals surface area (Å²) in [5.41, 5.74) is -4.21. The molecule has 1 aromatic heterocycles. The van der Waals surface area contributed by atoms with E-state index in [4.69, 9.17) is 0 Å². The van der Waals surface area contributed by atoms with Gasteiger partial charge < -0.3 is 4.74 Å². The number of ether oxygens (including phenoxy) is 1. The normalized spacial score (nSPS) is 12.9. The molecular weight excluding hydrogens is 278 g/mol. The first kappa shape index (κ1) is 14.5. The Hall–Kier alpha value is -1.61. The highest BCUT2D eigenvalue weighted by Crippen LogP contribution is 2.41. The van der Waals surface area contributed by atoms with Crippen LogP contribution in [-0.4, -0.2) is 11.6 Å². The van der Waals surface area contributed by atoms with Gasteiger partial charge in [-0.25, -0.2) is 4.98 Å². The van der Waals surface area contributed by atoms with E-state index in [2.05, 4.69) is 9.72 Å². The van der Waals surface area contributed by atoms with Crippen molar-refractivity contribution in [1.29, 1.82) is 0 Å². The highest BCUT2D eigenvalue weighted by Gasteiger charge is 2.43. The van der Waals surface area contributed by atoms with E-state index in [9.17, 15) is 35.1 Å². The number of hydrogen-bond acceptors (Lipinski definition) is 2. The Morgan fingerprint density at radius 1 is 0.944 bits per heavy atom. The summed E-state index contributed by atoms with van der Waals surface area (Å²) < 4.78 is 101. The standard InChI is InChI=1S/C8H3F8NO/c9-6(10)18-5-1-3(7(11,12)13)4(2-17-5)8(14,15)16/h1-2,6H. The highest BCUT2D eigenvalue weighted by atomic mass is 19.4. The maximum absolute atomic E-state index is 12.3. The van der Waals surface area contributed by atoms with Crippen molar-refractivity contribution < 1.29 is 39.9 Å². The number of alkyl halides is 8. The lowest BCUT2D eigenvalue weighted by Crippen LogP contribution is -2.17. The van der Waals surface area contributed by atoms with E-state index < -0.39 is 36.0 Å². The van der Waals surface area contributed by atoms with Crippen LogP contribution in [0.4, 0.5) is 35.1 Å². The van der Waals surface area contributed by atoms with E-state index in [1.165, 1.54) is 0 Å². The zero-order chi connectivity index (χ0) is 14.1. The largest absolute Gasteiger partial charge is 0.418 e. The molecule has 0 aliphatic heterocycles. The van der Waals surface area contributed by atoms with Crippen LogP contribution in [0.3, 0.4) is 0 Å². The fourth-order valence-electron chi connectivity index (χ4n) is 1.05. The fraction of sp³-hybridized carbons (Fsp3) is 0.375. The van der Waals surface area contributed by atoms with Crippen LogP contribution in [-0.2, 0) is 12.4 Å². The van der Waals surface area contributed by atoms with Crippen molar-refractivity contribution in [2.24, 2.45) is 0 Å². The molecule has 0 atom stereocenters. The summed E-state index contributed by atoms with van der Waals surface area (Å²) >= 11 is 0. The Morgan fingerprint density at radius 2 is 1.44 bits per heavy atom. The molecule has 1 heterocycles. The third kappa shape index (κ3) is 3.44. The van der Waals surface area contributed by atoms with Crippen LogP contribution in [0.2, 0.25) is 0 Å². The van der Waals surface area contributed by atoms with Gasteiger partial charge in [0.1, 0.15) is 0 Å². The topological polar surface area (TPSA) is 22.1 Å². The summed E-state index contributed by atoms with van der Waals surface area (Å²) in [4.78, 5) is 2.74. The van der Waals surface area contributed by atoms with E-state index >= 15 is 0 Å². The molecule has 1 rings (SSSR count). The van der Waals surface area contributed by atoms with Gasteiger partial charge in [0.2, 0.25) is 5.88 Å². The first-order valence-corrected chi connectivity index (χ1v) is 4.11. The average Bonchev–Trinajstić information content (AvgIpc) is 2.13. The highest BCUT2D eigenvalue weighted by molar-refractivity contribution is 5.33. The molecule has 0 aromatic carbocycles. The molecule has 2 nitrogen and oxygen atoms in total. The van der Waals surface area contributed by atoms with Crippen molar-refractivity contribution in [1.82, 2.24) is 4.98 Å². The number of aromatic nitrogens is 1. The lowest BCUT2D eigenvalue weighted by atomic mass is 10.1. The third-order valence-corrected chi connectivity index (χ3v) is 1.70. The van der Waals surface area contributed by atoms with Crippen LogP contribution in [0, 0.1) is 0 Å². The Balaban J connectivity index is 3.31. The molecule has 102 valence electrons. The molecule has 0 saturated carbocycles. The molecule has 0 unspecified atom stereocenters. The maximum atomic E-state index is 12.3. The maximum Gasteiger partial charge on any atom is 0.418 e. The van der Waals surface area contributed by atoms with Crippen molar-refractivity contribution in [3.63, 3.8) is 0 Å². The fourth-order valence-corrected chi connectivity index (χ4v) is 1.05. The van der Waals surface area contributed by atoms with Gasteiger partial charge in [0.15, 0.2) is 0 Å². The van der Waals surface area contributed by atoms with E-state index in [1.807, 2.05) is 0 Å². The summed E-state index contributed by atoms with van der Waals surface area (Å²) in [6, 6.07) is -0.227. The van der Waals surface area contributed by atoms with Gasteiger partial charge in [-0.05, 0) is 0 Å². The van der Waals surface area contributed by atoms with Crippen LogP contribution in [0.25, 0.3) is 0 Å². The number of rotatable bonds is 2. The predicted octanol–water partition coefficient (Wildman–Crippen LogP) is 3.72. The molecule has 0 saturated heterocycles. The van der Waals surface area contributed by atoms with Gasteiger partial charge in [0.25, 0.3) is 0 Å². The molecule has 10 heteroatoms. The Morgan fingerprint density at radius 3 is 1.83 bits per heavy atom. The summed E-state index contributed by atoms with van der Waals surface area (Å²) in [6.45, 7) is -3.49. The molecular formula is C8H3F8NO. The van der Waals surface area contributed by atoms with Gasteiger partial charge in [-0.15, -0.1) is 0 Å². The first-order chi connectivity index (χ1) is 8.01. The van der Waals surface area contributed by atoms with Crippen molar-refractivity contribution in [3.8, 4) is 5.88 Å². The second kappa shape index (κ2) is 4.58. The summed E-state index contributed by atoms with van der Waals surface area (Å²) in [7, 11) is 0. The SMILES string of the molecule is FC(F)Oc1cc(C(F)(F)F)c(C(F)(F)F)cn1. The van der Waals surface area contributed by atoms with E-state index in [-0.39, 0.29) is 12.3 Å². The zero-order valence-corrected chi connectivity index (χ0v) is 8.11. The minimum absolute atomic E-state index is 0.208. The smallest absolute Gasteiger partial charge is 0.417 e. The van der Waals surface area contributed by atoms with Gasteiger partial charge in [-0.3, -0.25) is 0 Å². The minimum Gasteiger partial charge on any atom is -0.417 e. The van der Waals surface area contributed by atoms with Crippen LogP contribution in [0.1, 0.15) is 11.1 Å². The molecule has 0 spiro atoms. The molecule has 0 fully saturated rings. The number of hydrogen-bond donors (Lipinski definition) is 0. The molecule has 0 radical (unpaired) electrons. The van der Waals surface area contributed by atoms with Gasteiger partial charge >= 0.3 is 19.0 Å². The van der Waals surface area contributed by atoms with Gasteiger partial charge in [-0.1, -0.05) is 0 Å². The molecule has 0 amide bonds. The van der Waals surface area contributed by atoms with E-state index in [1.54, 1.807) is 0 Å². The molecule has 0 bridgehead atoms. The Labute approximate surface area is 94.2 Å². The van der Waals surface area contributed by atoms with Gasteiger partial charge in [0, 0.05) is 12.3 Å². The Bertz CT molecular complexity index is 424. The molecule has 1 aromatic rings. The third-order valence-electron chi connectivity index (χ3n) is 1.70. The first-order valence-electron chi connectivity index (χ1n) is 4.11. The van der Waals surface area contributed by atoms with Gasteiger partial charge in [0.05, 0.1) is 11.1 Å². The van der Waals surface area contributed by atoms with Gasteiger partial charge in [-0.2, -0.15) is 35.1 Å². The minimum atomic E-state index is -5.37. The second-order valence-corrected chi connectivity index (χ2v) is 2.94. The summed E-state index contributed by atoms with van der Waals surface area (Å²) in [5.74, 6) is -1.25. The molecule has 0 aliphatic carbocycles. The Kier molecular flexibility index (Phi) is 3.67. The lowest BCUT2D eigenvalue weighted by Gasteiger charge is -2.15. The van der Waals surface area contributed by atoms with Crippen LogP contribution in [0.5, 0.6) is 5.88 Å². The number of pyridine rings is 1. The van der Waals surface area contributed by atoms with E-state index in [0.717, 1.165) is 0 Å². The molecule has 0 N–H and O–H groups in total. The van der Waals surface area contributed by atoms with Crippen LogP contribution < -0.4 is 4.74 Å². The summed E-state index contributed by atoms with van der Waals surface area (Å²) in [6.07, 6.45) is -10.9. The lowest BCUT2D eigenvalue weighted by molar-refractivity contribution is -0.162. The average molecular weight is 281 g/mol. The zero-order valence-electron chi connectivity index (χ0n) is 8.11. The second-order valence-electron chi connectivity index (χ2n) is 2.94. The monoisotopic (exact) mass is 281 g/mol. The van der Waals surface area contributed by atoms with Crippen molar-refractivity contribution in [3.05, 3.63) is 23.4 Å². The van der Waals surface area contributed by atoms with Crippen LogP contribution >= 0.6 is 0 Å². The number of nitrogens with zero attached hydrogens (tertiary/aromatic N) is 1. The molecule has 18 heavy (non-hydrogen) atoms. The molecule has 0 aliphatic rings. The van der Waals surface area contributed by atoms with Crippen molar-refractivity contribution in [2.45, 2.75) is 19.0 Å². The quantitative estimate of drug-likeness (QED) is 0.771.